The van der Waals surface area contributed by atoms with Crippen molar-refractivity contribution in [3.8, 4) is 5.88 Å². The fraction of sp³-hybridized carbons (Fsp3) is 0.250. The second-order valence-electron chi connectivity index (χ2n) is 4.73. The molecule has 0 fully saturated rings. The number of nitrogens with one attached hydrogen (secondary N) is 1. The number of aromatic nitrogens is 1. The molecule has 1 aromatic carbocycles. The smallest absolute Gasteiger partial charge is 0.325 e. The zero-order valence-corrected chi connectivity index (χ0v) is 12.1. The van der Waals surface area contributed by atoms with E-state index >= 15 is 0 Å². The van der Waals surface area contributed by atoms with Gasteiger partial charge in [-0.15, -0.1) is 0 Å². The molecule has 2 rings (SSSR count). The summed E-state index contributed by atoms with van der Waals surface area (Å²) in [6.07, 6.45) is 0.846. The Balaban J connectivity index is 1.94. The quantitative estimate of drug-likeness (QED) is 0.891. The molecule has 1 amide bonds. The molecular weight excluding hydrogens is 290 g/mol. The largest absolute Gasteiger partial charge is 0.481 e. The van der Waals surface area contributed by atoms with Gasteiger partial charge >= 0.3 is 5.92 Å². The zero-order valence-electron chi connectivity index (χ0n) is 12.1. The first-order chi connectivity index (χ1) is 10.5. The summed E-state index contributed by atoms with van der Waals surface area (Å²) >= 11 is 0. The summed E-state index contributed by atoms with van der Waals surface area (Å²) in [5.74, 6) is -4.44. The highest BCUT2D eigenvalue weighted by molar-refractivity contribution is 5.95. The van der Waals surface area contributed by atoms with E-state index in [-0.39, 0.29) is 12.1 Å². The van der Waals surface area contributed by atoms with Crippen molar-refractivity contribution >= 4 is 11.6 Å². The molecule has 0 saturated carbocycles. The number of rotatable bonds is 6. The highest BCUT2D eigenvalue weighted by atomic mass is 19.3. The van der Waals surface area contributed by atoms with Gasteiger partial charge in [0.05, 0.1) is 19.0 Å². The topological polar surface area (TPSA) is 51.2 Å². The number of benzene rings is 1. The van der Waals surface area contributed by atoms with Gasteiger partial charge in [-0.25, -0.2) is 4.98 Å². The van der Waals surface area contributed by atoms with E-state index in [1.807, 2.05) is 6.07 Å². The molecule has 0 spiro atoms. The number of pyridine rings is 1. The number of alkyl halides is 2. The van der Waals surface area contributed by atoms with Crippen molar-refractivity contribution < 1.29 is 18.3 Å². The second-order valence-corrected chi connectivity index (χ2v) is 4.73. The van der Waals surface area contributed by atoms with Crippen molar-refractivity contribution in [3.05, 3.63) is 54.2 Å². The predicted octanol–water partition coefficient (Wildman–Crippen LogP) is 3.30. The lowest BCUT2D eigenvalue weighted by molar-refractivity contribution is -0.140. The third-order valence-corrected chi connectivity index (χ3v) is 3.11. The minimum absolute atomic E-state index is 0.127. The molecule has 6 heteroatoms. The summed E-state index contributed by atoms with van der Waals surface area (Å²) in [4.78, 5) is 15.5. The number of aryl methyl sites for hydroxylation is 1. The number of carbonyl (C=O) groups is 1. The van der Waals surface area contributed by atoms with Gasteiger partial charge in [0.2, 0.25) is 5.88 Å². The summed E-state index contributed by atoms with van der Waals surface area (Å²) < 4.78 is 32.6. The third-order valence-electron chi connectivity index (χ3n) is 3.11. The third kappa shape index (κ3) is 4.25. The summed E-state index contributed by atoms with van der Waals surface area (Å²) in [6.45, 7) is 0. The summed E-state index contributed by atoms with van der Waals surface area (Å²) in [6, 6.07) is 11.8. The van der Waals surface area contributed by atoms with Crippen LogP contribution >= 0.6 is 0 Å². The van der Waals surface area contributed by atoms with E-state index < -0.39 is 18.3 Å². The van der Waals surface area contributed by atoms with Crippen LogP contribution in [-0.2, 0) is 11.2 Å². The number of carbonyl (C=O) groups excluding carboxylic acids is 1. The van der Waals surface area contributed by atoms with Gasteiger partial charge < -0.3 is 10.1 Å². The maximum absolute atomic E-state index is 13.9. The number of hydrogen-bond acceptors (Lipinski definition) is 3. The van der Waals surface area contributed by atoms with E-state index in [0.29, 0.717) is 5.88 Å². The molecule has 22 heavy (non-hydrogen) atoms. The number of amides is 1. The van der Waals surface area contributed by atoms with Crippen LogP contribution in [0, 0.1) is 0 Å². The first-order valence-corrected chi connectivity index (χ1v) is 6.74. The van der Waals surface area contributed by atoms with Crippen LogP contribution in [0.25, 0.3) is 0 Å². The number of halogens is 2. The van der Waals surface area contributed by atoms with Crippen molar-refractivity contribution in [3.63, 3.8) is 0 Å². The molecule has 0 atom stereocenters. The lowest BCUT2D eigenvalue weighted by Gasteiger charge is -2.16. The van der Waals surface area contributed by atoms with Crippen molar-refractivity contribution in [2.24, 2.45) is 0 Å². The first kappa shape index (κ1) is 15.9. The van der Waals surface area contributed by atoms with E-state index in [1.54, 1.807) is 24.3 Å². The molecule has 0 aliphatic carbocycles. The van der Waals surface area contributed by atoms with E-state index in [2.05, 4.69) is 10.3 Å². The maximum atomic E-state index is 13.9. The van der Waals surface area contributed by atoms with Crippen LogP contribution in [-0.4, -0.2) is 23.9 Å². The van der Waals surface area contributed by atoms with E-state index in [1.165, 1.54) is 25.4 Å². The molecule has 4 nitrogen and oxygen atoms in total. The van der Waals surface area contributed by atoms with Gasteiger partial charge in [-0.3, -0.25) is 4.79 Å². The molecule has 0 aliphatic heterocycles. The van der Waals surface area contributed by atoms with Crippen LogP contribution in [0.3, 0.4) is 0 Å². The summed E-state index contributed by atoms with van der Waals surface area (Å²) in [5.41, 5.74) is 0.964. The Bertz CT molecular complexity index is 616. The Morgan fingerprint density at radius 2 is 1.95 bits per heavy atom. The van der Waals surface area contributed by atoms with Crippen molar-refractivity contribution in [1.29, 1.82) is 0 Å². The molecule has 0 radical (unpaired) electrons. The predicted molar refractivity (Wildman–Crippen MR) is 79.1 cm³/mol. The molecule has 1 N–H and O–H groups in total. The van der Waals surface area contributed by atoms with Crippen LogP contribution in [0.1, 0.15) is 12.0 Å². The standard InChI is InChI=1S/C16H16F2N2O2/c1-22-14-8-7-13(11-19-14)20-15(21)16(17,18)10-9-12-5-3-2-4-6-12/h2-8,11H,9-10H2,1H3,(H,20,21). The minimum atomic E-state index is -3.45. The van der Waals surface area contributed by atoms with Gasteiger partial charge in [-0.2, -0.15) is 8.78 Å². The monoisotopic (exact) mass is 306 g/mol. The fourth-order valence-electron chi connectivity index (χ4n) is 1.86. The molecule has 116 valence electrons. The Morgan fingerprint density at radius 1 is 1.23 bits per heavy atom. The van der Waals surface area contributed by atoms with Crippen LogP contribution in [0.2, 0.25) is 0 Å². The highest BCUT2D eigenvalue weighted by Crippen LogP contribution is 2.23. The van der Waals surface area contributed by atoms with Gasteiger partial charge in [0.15, 0.2) is 0 Å². The van der Waals surface area contributed by atoms with Gasteiger partial charge in [0.25, 0.3) is 5.91 Å². The zero-order chi connectivity index (χ0) is 16.0. The Labute approximate surface area is 127 Å². The Morgan fingerprint density at radius 3 is 2.55 bits per heavy atom. The van der Waals surface area contributed by atoms with Crippen LogP contribution in [0.4, 0.5) is 14.5 Å². The molecule has 0 aliphatic rings. The fourth-order valence-corrected chi connectivity index (χ4v) is 1.86. The summed E-state index contributed by atoms with van der Waals surface area (Å²) in [7, 11) is 1.44. The maximum Gasteiger partial charge on any atom is 0.325 e. The lowest BCUT2D eigenvalue weighted by atomic mass is 10.1. The SMILES string of the molecule is COc1ccc(NC(=O)C(F)(F)CCc2ccccc2)cn1. The van der Waals surface area contributed by atoms with E-state index in [9.17, 15) is 13.6 Å². The number of ether oxygens (including phenoxy) is 1. The van der Waals surface area contributed by atoms with Crippen LogP contribution in [0.15, 0.2) is 48.7 Å². The molecular formula is C16H16F2N2O2. The van der Waals surface area contributed by atoms with Crippen LogP contribution in [0.5, 0.6) is 5.88 Å². The normalized spacial score (nSPS) is 11.0. The number of nitrogens with zero attached hydrogens (tertiary/aromatic N) is 1. The second kappa shape index (κ2) is 6.98. The van der Waals surface area contributed by atoms with Gasteiger partial charge in [0.1, 0.15) is 0 Å². The van der Waals surface area contributed by atoms with Crippen LogP contribution < -0.4 is 10.1 Å². The Hall–Kier alpha value is -2.50. The molecule has 2 aromatic rings. The Kier molecular flexibility index (Phi) is 5.04. The van der Waals surface area contributed by atoms with Gasteiger partial charge in [0, 0.05) is 12.5 Å². The van der Waals surface area contributed by atoms with E-state index in [0.717, 1.165) is 5.56 Å². The molecule has 0 saturated heterocycles. The average molecular weight is 306 g/mol. The van der Waals surface area contributed by atoms with Crippen molar-refractivity contribution in [2.75, 3.05) is 12.4 Å². The van der Waals surface area contributed by atoms with Gasteiger partial charge in [-0.05, 0) is 18.1 Å². The number of methoxy groups -OCH3 is 1. The number of hydrogen-bond donors (Lipinski definition) is 1. The number of anilines is 1. The molecule has 1 heterocycles. The van der Waals surface area contributed by atoms with E-state index in [4.69, 9.17) is 4.74 Å². The average Bonchev–Trinajstić information content (AvgIpc) is 2.54. The van der Waals surface area contributed by atoms with Crippen molar-refractivity contribution in [2.45, 2.75) is 18.8 Å². The van der Waals surface area contributed by atoms with Gasteiger partial charge in [-0.1, -0.05) is 30.3 Å². The molecule has 1 aromatic heterocycles. The summed E-state index contributed by atoms with van der Waals surface area (Å²) in [5, 5.41) is 2.16. The lowest BCUT2D eigenvalue weighted by Crippen LogP contribution is -2.35. The minimum Gasteiger partial charge on any atom is -0.481 e. The van der Waals surface area contributed by atoms with Crippen molar-refractivity contribution in [1.82, 2.24) is 4.98 Å². The highest BCUT2D eigenvalue weighted by Gasteiger charge is 2.38. The first-order valence-electron chi connectivity index (χ1n) is 6.74. The molecule has 0 bridgehead atoms. The molecule has 0 unspecified atom stereocenters.